The average Bonchev–Trinajstić information content (AvgIpc) is 2.75. The number of carbonyl (C=O) groups is 1. The molecule has 2 rings (SSSR count). The summed E-state index contributed by atoms with van der Waals surface area (Å²) in [4.78, 5) is 16.1. The molecule has 0 saturated carbocycles. The van der Waals surface area contributed by atoms with Crippen molar-refractivity contribution >= 4 is 39.8 Å². The zero-order valence-electron chi connectivity index (χ0n) is 9.69. The molecule has 0 fully saturated rings. The molecule has 1 amide bonds. The summed E-state index contributed by atoms with van der Waals surface area (Å²) in [6.45, 7) is 1.81. The van der Waals surface area contributed by atoms with Gasteiger partial charge in [-0.1, -0.05) is 22.9 Å². The van der Waals surface area contributed by atoms with Crippen molar-refractivity contribution in [3.8, 4) is 0 Å². The number of hydrogen-bond donors (Lipinski definition) is 2. The maximum Gasteiger partial charge on any atom is 0.277 e. The molecular weight excluding hydrogens is 274 g/mol. The van der Waals surface area contributed by atoms with Gasteiger partial charge in [0.15, 0.2) is 0 Å². The molecule has 2 N–H and O–H groups in total. The fraction of sp³-hybridized carbons (Fsp3) is 0.200. The molecule has 6 nitrogen and oxygen atoms in total. The summed E-state index contributed by atoms with van der Waals surface area (Å²) in [7, 11) is 1.71. The number of amides is 1. The molecule has 2 aromatic rings. The van der Waals surface area contributed by atoms with E-state index in [1.165, 1.54) is 11.3 Å². The number of pyridine rings is 1. The summed E-state index contributed by atoms with van der Waals surface area (Å²) in [6, 6.07) is 3.30. The Labute approximate surface area is 112 Å². The highest BCUT2D eigenvalue weighted by atomic mass is 35.5. The number of hydrogen-bond acceptors (Lipinski definition) is 6. The third kappa shape index (κ3) is 2.74. The second kappa shape index (κ2) is 5.28. The summed E-state index contributed by atoms with van der Waals surface area (Å²) in [5.74, 6) is 0.159. The van der Waals surface area contributed by atoms with Gasteiger partial charge >= 0.3 is 0 Å². The number of halogens is 1. The van der Waals surface area contributed by atoms with Gasteiger partial charge in [0.2, 0.25) is 5.13 Å². The third-order valence-corrected chi connectivity index (χ3v) is 3.12. The van der Waals surface area contributed by atoms with E-state index in [0.717, 1.165) is 5.01 Å². The van der Waals surface area contributed by atoms with Crippen molar-refractivity contribution in [1.29, 1.82) is 0 Å². The maximum absolute atomic E-state index is 12.0. The van der Waals surface area contributed by atoms with E-state index in [9.17, 15) is 4.79 Å². The highest BCUT2D eigenvalue weighted by Gasteiger charge is 2.15. The SMILES string of the molecule is CNc1ccc(Cl)c(C(=O)Nc2nnc(C)s2)n1. The van der Waals surface area contributed by atoms with Crippen molar-refractivity contribution in [3.05, 3.63) is 27.9 Å². The van der Waals surface area contributed by atoms with Crippen LogP contribution in [0.1, 0.15) is 15.5 Å². The predicted molar refractivity (Wildman–Crippen MR) is 71.4 cm³/mol. The van der Waals surface area contributed by atoms with Crippen LogP contribution < -0.4 is 10.6 Å². The van der Waals surface area contributed by atoms with Gasteiger partial charge in [-0.25, -0.2) is 4.98 Å². The van der Waals surface area contributed by atoms with Gasteiger partial charge in [-0.2, -0.15) is 0 Å². The number of rotatable bonds is 3. The van der Waals surface area contributed by atoms with E-state index in [-0.39, 0.29) is 10.7 Å². The molecule has 0 saturated heterocycles. The second-order valence-electron chi connectivity index (χ2n) is 3.36. The summed E-state index contributed by atoms with van der Waals surface area (Å²) in [5.41, 5.74) is 0.149. The zero-order valence-corrected chi connectivity index (χ0v) is 11.3. The van der Waals surface area contributed by atoms with E-state index >= 15 is 0 Å². The topological polar surface area (TPSA) is 79.8 Å². The number of anilines is 2. The van der Waals surface area contributed by atoms with Gasteiger partial charge in [-0.3, -0.25) is 10.1 Å². The van der Waals surface area contributed by atoms with E-state index in [1.54, 1.807) is 26.1 Å². The van der Waals surface area contributed by atoms with E-state index in [0.29, 0.717) is 10.9 Å². The molecule has 0 atom stereocenters. The van der Waals surface area contributed by atoms with Gasteiger partial charge < -0.3 is 5.32 Å². The standard InChI is InChI=1S/C10H10ClN5OS/c1-5-15-16-10(18-5)14-9(17)8-6(11)3-4-7(12-2)13-8/h3-4H,1-2H3,(H,12,13)(H,14,16,17). The molecule has 0 radical (unpaired) electrons. The van der Waals surface area contributed by atoms with Crippen molar-refractivity contribution in [2.75, 3.05) is 17.7 Å². The molecule has 8 heteroatoms. The lowest BCUT2D eigenvalue weighted by Crippen LogP contribution is -2.15. The van der Waals surface area contributed by atoms with Crippen molar-refractivity contribution in [1.82, 2.24) is 15.2 Å². The highest BCUT2D eigenvalue weighted by Crippen LogP contribution is 2.19. The van der Waals surface area contributed by atoms with Crippen LogP contribution in [0.25, 0.3) is 0 Å². The summed E-state index contributed by atoms with van der Waals surface area (Å²) < 4.78 is 0. The molecule has 0 spiro atoms. The Morgan fingerprint density at radius 2 is 2.17 bits per heavy atom. The van der Waals surface area contributed by atoms with Gasteiger partial charge in [0.05, 0.1) is 5.02 Å². The first kappa shape index (κ1) is 12.7. The zero-order chi connectivity index (χ0) is 13.1. The molecule has 0 unspecified atom stereocenters. The number of carbonyl (C=O) groups excluding carboxylic acids is 1. The molecule has 0 aromatic carbocycles. The fourth-order valence-corrected chi connectivity index (χ4v) is 2.02. The smallest absolute Gasteiger partial charge is 0.277 e. The molecule has 2 aromatic heterocycles. The van der Waals surface area contributed by atoms with Crippen LogP contribution in [0.5, 0.6) is 0 Å². The monoisotopic (exact) mass is 283 g/mol. The van der Waals surface area contributed by atoms with E-state index < -0.39 is 5.91 Å². The first-order valence-corrected chi connectivity index (χ1v) is 6.25. The van der Waals surface area contributed by atoms with Crippen LogP contribution in [-0.2, 0) is 0 Å². The highest BCUT2D eigenvalue weighted by molar-refractivity contribution is 7.15. The van der Waals surface area contributed by atoms with Crippen LogP contribution in [0.3, 0.4) is 0 Å². The van der Waals surface area contributed by atoms with E-state index in [2.05, 4.69) is 25.8 Å². The normalized spacial score (nSPS) is 10.2. The van der Waals surface area contributed by atoms with Crippen LogP contribution in [0.4, 0.5) is 10.9 Å². The third-order valence-electron chi connectivity index (χ3n) is 2.06. The molecule has 94 valence electrons. The fourth-order valence-electron chi connectivity index (χ4n) is 1.24. The average molecular weight is 284 g/mol. The van der Waals surface area contributed by atoms with Crippen molar-refractivity contribution in [2.24, 2.45) is 0 Å². The molecule has 0 aliphatic carbocycles. The molecule has 18 heavy (non-hydrogen) atoms. The maximum atomic E-state index is 12.0. The Bertz CT molecular complexity index is 585. The minimum Gasteiger partial charge on any atom is -0.373 e. The van der Waals surface area contributed by atoms with Crippen molar-refractivity contribution in [2.45, 2.75) is 6.92 Å². The summed E-state index contributed by atoms with van der Waals surface area (Å²) in [6.07, 6.45) is 0. The van der Waals surface area contributed by atoms with Crippen LogP contribution in [0.15, 0.2) is 12.1 Å². The minimum absolute atomic E-state index is 0.149. The number of nitrogens with zero attached hydrogens (tertiary/aromatic N) is 3. The van der Waals surface area contributed by atoms with Gasteiger partial charge in [-0.15, -0.1) is 10.2 Å². The van der Waals surface area contributed by atoms with Gasteiger partial charge in [-0.05, 0) is 19.1 Å². The van der Waals surface area contributed by atoms with Crippen molar-refractivity contribution in [3.63, 3.8) is 0 Å². The van der Waals surface area contributed by atoms with E-state index in [4.69, 9.17) is 11.6 Å². The number of aromatic nitrogens is 3. The Balaban J connectivity index is 2.23. The van der Waals surface area contributed by atoms with Gasteiger partial charge in [0.1, 0.15) is 16.5 Å². The largest absolute Gasteiger partial charge is 0.373 e. The van der Waals surface area contributed by atoms with Crippen LogP contribution in [-0.4, -0.2) is 28.1 Å². The lowest BCUT2D eigenvalue weighted by atomic mass is 10.3. The molecule has 0 aliphatic heterocycles. The molecule has 0 aliphatic rings. The summed E-state index contributed by atoms with van der Waals surface area (Å²) in [5, 5.41) is 14.5. The number of nitrogens with one attached hydrogen (secondary N) is 2. The molecule has 2 heterocycles. The quantitative estimate of drug-likeness (QED) is 0.902. The summed E-state index contributed by atoms with van der Waals surface area (Å²) >= 11 is 7.22. The first-order chi connectivity index (χ1) is 8.60. The lowest BCUT2D eigenvalue weighted by molar-refractivity contribution is 0.102. The Morgan fingerprint density at radius 1 is 1.39 bits per heavy atom. The van der Waals surface area contributed by atoms with Gasteiger partial charge in [0, 0.05) is 7.05 Å². The molecule has 0 bridgehead atoms. The Morgan fingerprint density at radius 3 is 2.78 bits per heavy atom. The van der Waals surface area contributed by atoms with Crippen molar-refractivity contribution < 1.29 is 4.79 Å². The first-order valence-electron chi connectivity index (χ1n) is 5.06. The predicted octanol–water partition coefficient (Wildman–Crippen LogP) is 2.19. The Kier molecular flexibility index (Phi) is 3.73. The van der Waals surface area contributed by atoms with Gasteiger partial charge in [0.25, 0.3) is 5.91 Å². The Hall–Kier alpha value is -1.73. The second-order valence-corrected chi connectivity index (χ2v) is 4.95. The van der Waals surface area contributed by atoms with Crippen LogP contribution in [0, 0.1) is 6.92 Å². The number of aryl methyl sites for hydroxylation is 1. The molecular formula is C10H10ClN5OS. The van der Waals surface area contributed by atoms with Crippen LogP contribution >= 0.6 is 22.9 Å². The van der Waals surface area contributed by atoms with Crippen LogP contribution in [0.2, 0.25) is 5.02 Å². The minimum atomic E-state index is -0.409. The van der Waals surface area contributed by atoms with E-state index in [1.807, 2.05) is 0 Å². The lowest BCUT2D eigenvalue weighted by Gasteiger charge is -2.05.